The first kappa shape index (κ1) is 20.0. The van der Waals surface area contributed by atoms with Gasteiger partial charge in [0.15, 0.2) is 12.4 Å². The minimum Gasteiger partial charge on any atom is -0.480 e. The van der Waals surface area contributed by atoms with Gasteiger partial charge in [-0.3, -0.25) is 14.4 Å². The number of carbonyl (C=O) groups excluding carboxylic acids is 3. The molecule has 1 unspecified atom stereocenters. The lowest BCUT2D eigenvalue weighted by Crippen LogP contribution is -2.50. The standard InChI is InChI=1S/C14H24N2O6/c1-8(7-17)22-13(21)11(14(2,3)4)16-10(18)6-5-9(15)12(19)20/h7-9,11H,5-6,15H2,1-4H3,(H,16,18)(H,19,20)/t8-,9-,11?/m0/s1. The molecule has 0 fully saturated rings. The molecule has 0 aromatic heterocycles. The fourth-order valence-electron chi connectivity index (χ4n) is 1.55. The fraction of sp³-hybridized carbons (Fsp3) is 0.714. The van der Waals surface area contributed by atoms with Gasteiger partial charge < -0.3 is 20.9 Å². The van der Waals surface area contributed by atoms with Gasteiger partial charge in [0.25, 0.3) is 0 Å². The van der Waals surface area contributed by atoms with E-state index >= 15 is 0 Å². The van der Waals surface area contributed by atoms with Crippen LogP contribution in [0.15, 0.2) is 0 Å². The number of carboxylic acid groups (broad SMARTS) is 1. The van der Waals surface area contributed by atoms with Crippen molar-refractivity contribution in [2.75, 3.05) is 0 Å². The highest BCUT2D eigenvalue weighted by molar-refractivity contribution is 5.86. The molecule has 4 N–H and O–H groups in total. The zero-order chi connectivity index (χ0) is 17.5. The third-order valence-electron chi connectivity index (χ3n) is 2.90. The van der Waals surface area contributed by atoms with Crippen molar-refractivity contribution < 1.29 is 29.0 Å². The normalized spacial score (nSPS) is 15.3. The van der Waals surface area contributed by atoms with Gasteiger partial charge in [-0.05, 0) is 18.8 Å². The molecule has 126 valence electrons. The van der Waals surface area contributed by atoms with Crippen LogP contribution in [-0.2, 0) is 23.9 Å². The Morgan fingerprint density at radius 1 is 1.32 bits per heavy atom. The molecule has 0 saturated heterocycles. The zero-order valence-corrected chi connectivity index (χ0v) is 13.3. The van der Waals surface area contributed by atoms with Crippen molar-refractivity contribution in [3.05, 3.63) is 0 Å². The van der Waals surface area contributed by atoms with Gasteiger partial charge in [-0.1, -0.05) is 20.8 Å². The topological polar surface area (TPSA) is 136 Å². The second kappa shape index (κ2) is 8.47. The molecule has 0 aromatic carbocycles. The SMILES string of the molecule is C[C@@H](C=O)OC(=O)C(NC(=O)CC[C@H](N)C(=O)O)C(C)(C)C. The Morgan fingerprint density at radius 3 is 2.27 bits per heavy atom. The van der Waals surface area contributed by atoms with E-state index < -0.39 is 41.4 Å². The molecule has 8 nitrogen and oxygen atoms in total. The molecule has 22 heavy (non-hydrogen) atoms. The number of hydrogen-bond donors (Lipinski definition) is 3. The predicted octanol–water partition coefficient (Wildman–Crippen LogP) is -0.160. The first-order valence-electron chi connectivity index (χ1n) is 6.92. The molecule has 0 saturated carbocycles. The van der Waals surface area contributed by atoms with Gasteiger partial charge in [0, 0.05) is 6.42 Å². The quantitative estimate of drug-likeness (QED) is 0.418. The number of aldehydes is 1. The first-order chi connectivity index (χ1) is 9.98. The van der Waals surface area contributed by atoms with E-state index in [1.165, 1.54) is 6.92 Å². The van der Waals surface area contributed by atoms with E-state index in [2.05, 4.69) is 5.32 Å². The van der Waals surface area contributed by atoms with Crippen LogP contribution in [0.5, 0.6) is 0 Å². The van der Waals surface area contributed by atoms with Gasteiger partial charge in [-0.25, -0.2) is 4.79 Å². The van der Waals surface area contributed by atoms with Crippen molar-refractivity contribution in [2.45, 2.75) is 58.7 Å². The minimum absolute atomic E-state index is 0.0438. The van der Waals surface area contributed by atoms with Crippen molar-refractivity contribution in [1.29, 1.82) is 0 Å². The summed E-state index contributed by atoms with van der Waals surface area (Å²) < 4.78 is 4.91. The highest BCUT2D eigenvalue weighted by Gasteiger charge is 2.34. The summed E-state index contributed by atoms with van der Waals surface area (Å²) in [7, 11) is 0. The van der Waals surface area contributed by atoms with Gasteiger partial charge in [0.05, 0.1) is 0 Å². The monoisotopic (exact) mass is 316 g/mol. The van der Waals surface area contributed by atoms with Crippen LogP contribution in [0.4, 0.5) is 0 Å². The summed E-state index contributed by atoms with van der Waals surface area (Å²) in [5.74, 6) is -2.42. The number of aliphatic carboxylic acids is 1. The molecular weight excluding hydrogens is 292 g/mol. The molecule has 0 rings (SSSR count). The van der Waals surface area contributed by atoms with Crippen molar-refractivity contribution in [3.8, 4) is 0 Å². The zero-order valence-electron chi connectivity index (χ0n) is 13.3. The summed E-state index contributed by atoms with van der Waals surface area (Å²) in [5.41, 5.74) is 4.68. The molecule has 0 radical (unpaired) electrons. The Kier molecular flexibility index (Phi) is 7.72. The number of nitrogens with two attached hydrogens (primary N) is 1. The minimum atomic E-state index is -1.20. The highest BCUT2D eigenvalue weighted by Crippen LogP contribution is 2.21. The molecule has 0 aliphatic heterocycles. The number of amides is 1. The average Bonchev–Trinajstić information content (AvgIpc) is 2.40. The third-order valence-corrected chi connectivity index (χ3v) is 2.90. The molecule has 0 aliphatic rings. The second-order valence-electron chi connectivity index (χ2n) is 6.13. The van der Waals surface area contributed by atoms with Crippen molar-refractivity contribution in [1.82, 2.24) is 5.32 Å². The van der Waals surface area contributed by atoms with Gasteiger partial charge in [-0.2, -0.15) is 0 Å². The molecule has 0 spiro atoms. The van der Waals surface area contributed by atoms with Crippen molar-refractivity contribution in [3.63, 3.8) is 0 Å². The number of hydrogen-bond acceptors (Lipinski definition) is 6. The van der Waals surface area contributed by atoms with Crippen LogP contribution < -0.4 is 11.1 Å². The number of ether oxygens (including phenoxy) is 1. The van der Waals surface area contributed by atoms with E-state index in [-0.39, 0.29) is 12.8 Å². The van der Waals surface area contributed by atoms with E-state index in [0.717, 1.165) is 0 Å². The van der Waals surface area contributed by atoms with Crippen LogP contribution in [0.25, 0.3) is 0 Å². The largest absolute Gasteiger partial charge is 0.480 e. The Bertz CT molecular complexity index is 430. The average molecular weight is 316 g/mol. The number of carbonyl (C=O) groups is 4. The molecule has 0 aliphatic carbocycles. The fourth-order valence-corrected chi connectivity index (χ4v) is 1.55. The smallest absolute Gasteiger partial charge is 0.329 e. The second-order valence-corrected chi connectivity index (χ2v) is 6.13. The maximum atomic E-state index is 12.0. The molecule has 0 aromatic rings. The van der Waals surface area contributed by atoms with Crippen LogP contribution in [0, 0.1) is 5.41 Å². The summed E-state index contributed by atoms with van der Waals surface area (Å²) >= 11 is 0. The summed E-state index contributed by atoms with van der Waals surface area (Å²) in [6.45, 7) is 6.60. The summed E-state index contributed by atoms with van der Waals surface area (Å²) in [5, 5.41) is 11.2. The van der Waals surface area contributed by atoms with Gasteiger partial charge in [-0.15, -0.1) is 0 Å². The Hall–Kier alpha value is -1.96. The lowest BCUT2D eigenvalue weighted by molar-refractivity contribution is -0.157. The van der Waals surface area contributed by atoms with Crippen molar-refractivity contribution in [2.24, 2.45) is 11.1 Å². The van der Waals surface area contributed by atoms with Gasteiger partial charge in [0.1, 0.15) is 12.1 Å². The van der Waals surface area contributed by atoms with E-state index in [1.807, 2.05) is 0 Å². The summed E-state index contributed by atoms with van der Waals surface area (Å²) in [6, 6.07) is -2.09. The predicted molar refractivity (Wildman–Crippen MR) is 77.8 cm³/mol. The van der Waals surface area contributed by atoms with Crippen LogP contribution in [0.1, 0.15) is 40.5 Å². The van der Waals surface area contributed by atoms with E-state index in [1.54, 1.807) is 20.8 Å². The number of nitrogens with one attached hydrogen (secondary N) is 1. The van der Waals surface area contributed by atoms with Crippen molar-refractivity contribution >= 4 is 24.1 Å². The number of rotatable bonds is 8. The number of esters is 1. The molecule has 8 heteroatoms. The van der Waals surface area contributed by atoms with Gasteiger partial charge in [0.2, 0.25) is 5.91 Å². The molecule has 0 heterocycles. The molecule has 0 bridgehead atoms. The van der Waals surface area contributed by atoms with Gasteiger partial charge >= 0.3 is 11.9 Å². The molecular formula is C14H24N2O6. The molecule has 1 amide bonds. The Morgan fingerprint density at radius 2 is 1.86 bits per heavy atom. The molecule has 3 atom stereocenters. The lowest BCUT2D eigenvalue weighted by atomic mass is 9.86. The van der Waals surface area contributed by atoms with Crippen LogP contribution in [-0.4, -0.2) is 47.4 Å². The third kappa shape index (κ3) is 7.16. The first-order valence-corrected chi connectivity index (χ1v) is 6.92. The number of carboxylic acids is 1. The van der Waals surface area contributed by atoms with Crippen LogP contribution in [0.2, 0.25) is 0 Å². The van der Waals surface area contributed by atoms with Crippen LogP contribution in [0.3, 0.4) is 0 Å². The maximum absolute atomic E-state index is 12.0. The Labute approximate surface area is 129 Å². The summed E-state index contributed by atoms with van der Waals surface area (Å²) in [6.07, 6.45) is -0.602. The maximum Gasteiger partial charge on any atom is 0.329 e. The van der Waals surface area contributed by atoms with E-state index in [9.17, 15) is 19.2 Å². The lowest BCUT2D eigenvalue weighted by Gasteiger charge is -2.30. The highest BCUT2D eigenvalue weighted by atomic mass is 16.5. The van der Waals surface area contributed by atoms with E-state index in [0.29, 0.717) is 6.29 Å². The van der Waals surface area contributed by atoms with E-state index in [4.69, 9.17) is 15.6 Å². The van der Waals surface area contributed by atoms with Crippen LogP contribution >= 0.6 is 0 Å². The Balaban J connectivity index is 4.73. The summed E-state index contributed by atoms with van der Waals surface area (Å²) in [4.78, 5) is 45.0.